The first-order valence-electron chi connectivity index (χ1n) is 11.2. The van der Waals surface area contributed by atoms with Gasteiger partial charge < -0.3 is 20.7 Å². The molecule has 1 heterocycles. The molecular formula is C25H33N3O3. The fraction of sp³-hybridized carbons (Fsp3) is 0.440. The Labute approximate surface area is 184 Å². The van der Waals surface area contributed by atoms with Gasteiger partial charge in [0.1, 0.15) is 0 Å². The molecule has 2 aromatic rings. The predicted octanol–water partition coefficient (Wildman–Crippen LogP) is 4.38. The van der Waals surface area contributed by atoms with E-state index < -0.39 is 5.97 Å². The molecule has 1 saturated heterocycles. The number of hydrogen-bond acceptors (Lipinski definition) is 4. The van der Waals surface area contributed by atoms with Crippen LogP contribution in [-0.4, -0.2) is 37.7 Å². The van der Waals surface area contributed by atoms with Crippen LogP contribution in [0.1, 0.15) is 48.5 Å². The van der Waals surface area contributed by atoms with E-state index in [0.29, 0.717) is 30.4 Å². The van der Waals surface area contributed by atoms with E-state index in [4.69, 9.17) is 4.74 Å². The van der Waals surface area contributed by atoms with E-state index in [0.717, 1.165) is 31.7 Å². The van der Waals surface area contributed by atoms with E-state index in [1.165, 1.54) is 18.4 Å². The van der Waals surface area contributed by atoms with E-state index in [1.807, 2.05) is 0 Å². The molecule has 3 N–H and O–H groups in total. The molecule has 31 heavy (non-hydrogen) atoms. The van der Waals surface area contributed by atoms with Gasteiger partial charge in [-0.3, -0.25) is 0 Å². The number of urea groups is 1. The highest BCUT2D eigenvalue weighted by Crippen LogP contribution is 2.23. The molecule has 0 aromatic heterocycles. The number of esters is 1. The second-order valence-corrected chi connectivity index (χ2v) is 8.06. The van der Waals surface area contributed by atoms with Gasteiger partial charge in [0.2, 0.25) is 0 Å². The van der Waals surface area contributed by atoms with E-state index >= 15 is 0 Å². The summed E-state index contributed by atoms with van der Waals surface area (Å²) in [4.78, 5) is 24.0. The van der Waals surface area contributed by atoms with Gasteiger partial charge in [0.15, 0.2) is 0 Å². The van der Waals surface area contributed by atoms with Gasteiger partial charge in [0.25, 0.3) is 0 Å². The van der Waals surface area contributed by atoms with Crippen LogP contribution in [0.15, 0.2) is 54.6 Å². The van der Waals surface area contributed by atoms with Crippen LogP contribution in [-0.2, 0) is 11.2 Å². The summed E-state index contributed by atoms with van der Waals surface area (Å²) in [5.41, 5.74) is 2.41. The van der Waals surface area contributed by atoms with Gasteiger partial charge in [-0.25, -0.2) is 9.59 Å². The zero-order chi connectivity index (χ0) is 21.9. The minimum Gasteiger partial charge on any atom is -0.462 e. The van der Waals surface area contributed by atoms with Crippen LogP contribution in [0.5, 0.6) is 0 Å². The summed E-state index contributed by atoms with van der Waals surface area (Å²) in [5, 5.41) is 9.30. The molecule has 2 atom stereocenters. The Hall–Kier alpha value is -2.86. The predicted molar refractivity (Wildman–Crippen MR) is 123 cm³/mol. The summed E-state index contributed by atoms with van der Waals surface area (Å²) >= 11 is 0. The average Bonchev–Trinajstić information content (AvgIpc) is 2.78. The van der Waals surface area contributed by atoms with Crippen LogP contribution in [0.4, 0.5) is 10.5 Å². The molecule has 2 amide bonds. The van der Waals surface area contributed by atoms with Crippen molar-refractivity contribution in [1.29, 1.82) is 0 Å². The van der Waals surface area contributed by atoms with Crippen molar-refractivity contribution in [3.63, 3.8) is 0 Å². The van der Waals surface area contributed by atoms with Crippen LogP contribution in [0.25, 0.3) is 0 Å². The van der Waals surface area contributed by atoms with E-state index in [-0.39, 0.29) is 6.03 Å². The minimum absolute atomic E-state index is 0.264. The summed E-state index contributed by atoms with van der Waals surface area (Å²) in [5.74, 6) is 0.327. The maximum Gasteiger partial charge on any atom is 0.338 e. The Kier molecular flexibility index (Phi) is 8.91. The topological polar surface area (TPSA) is 79.5 Å². The Morgan fingerprint density at radius 1 is 1.13 bits per heavy atom. The number of rotatable bonds is 9. The lowest BCUT2D eigenvalue weighted by Crippen LogP contribution is -2.39. The average molecular weight is 424 g/mol. The lowest BCUT2D eigenvalue weighted by molar-refractivity contribution is 0.0526. The largest absolute Gasteiger partial charge is 0.462 e. The number of hydrogen-bond donors (Lipinski definition) is 3. The second-order valence-electron chi connectivity index (χ2n) is 8.06. The molecule has 0 spiro atoms. The van der Waals surface area contributed by atoms with Crippen molar-refractivity contribution in [1.82, 2.24) is 10.6 Å². The summed E-state index contributed by atoms with van der Waals surface area (Å²) in [6.45, 7) is 3.76. The third-order valence-electron chi connectivity index (χ3n) is 5.62. The molecule has 6 nitrogen and oxygen atoms in total. The first kappa shape index (κ1) is 22.8. The van der Waals surface area contributed by atoms with Gasteiger partial charge in [-0.05, 0) is 75.3 Å². The van der Waals surface area contributed by atoms with Gasteiger partial charge in [0, 0.05) is 18.3 Å². The number of carbonyl (C=O) groups is 2. The van der Waals surface area contributed by atoms with Crippen molar-refractivity contribution in [3.8, 4) is 0 Å². The van der Waals surface area contributed by atoms with Crippen LogP contribution in [0.3, 0.4) is 0 Å². The highest BCUT2D eigenvalue weighted by atomic mass is 16.5. The molecule has 0 aliphatic carbocycles. The number of amides is 2. The highest BCUT2D eigenvalue weighted by Gasteiger charge is 2.21. The Balaban J connectivity index is 1.35. The second kappa shape index (κ2) is 12.1. The molecule has 1 aliphatic heterocycles. The lowest BCUT2D eigenvalue weighted by Gasteiger charge is -2.30. The van der Waals surface area contributed by atoms with Gasteiger partial charge in [0.05, 0.1) is 12.2 Å². The molecule has 166 valence electrons. The van der Waals surface area contributed by atoms with Crippen molar-refractivity contribution in [2.75, 3.05) is 25.0 Å². The monoisotopic (exact) mass is 423 g/mol. The number of nitrogens with one attached hydrogen (secondary N) is 3. The number of ether oxygens (including phenoxy) is 1. The fourth-order valence-corrected chi connectivity index (χ4v) is 4.11. The zero-order valence-electron chi connectivity index (χ0n) is 18.2. The zero-order valence-corrected chi connectivity index (χ0v) is 18.2. The standard InChI is InChI=1S/C25H33N3O3/c1-2-31-24(29)21-10-6-11-23(18-21)28-25(30)27-14-7-12-22-17-20(13-15-26-22)16-19-8-4-3-5-9-19/h3-6,8-11,18,20,22,26H,2,7,12-17H2,1H3,(H2,27,28,30). The van der Waals surface area contributed by atoms with Crippen LogP contribution in [0, 0.1) is 5.92 Å². The van der Waals surface area contributed by atoms with Crippen molar-refractivity contribution in [2.24, 2.45) is 5.92 Å². The Morgan fingerprint density at radius 2 is 1.97 bits per heavy atom. The normalized spacial score (nSPS) is 18.2. The van der Waals surface area contributed by atoms with Crippen LogP contribution in [0.2, 0.25) is 0 Å². The lowest BCUT2D eigenvalue weighted by atomic mass is 9.86. The molecular weight excluding hydrogens is 390 g/mol. The van der Waals surface area contributed by atoms with Gasteiger partial charge >= 0.3 is 12.0 Å². The Bertz CT molecular complexity index is 841. The van der Waals surface area contributed by atoms with Gasteiger partial charge in [-0.2, -0.15) is 0 Å². The van der Waals surface area contributed by atoms with Crippen molar-refractivity contribution in [2.45, 2.75) is 45.1 Å². The summed E-state index contributed by atoms with van der Waals surface area (Å²) in [6.07, 6.45) is 5.51. The third kappa shape index (κ3) is 7.72. The van der Waals surface area contributed by atoms with E-state index in [9.17, 15) is 9.59 Å². The number of benzene rings is 2. The minimum atomic E-state index is -0.392. The summed E-state index contributed by atoms with van der Waals surface area (Å²) < 4.78 is 4.99. The van der Waals surface area contributed by atoms with Gasteiger partial charge in [-0.15, -0.1) is 0 Å². The quantitative estimate of drug-likeness (QED) is 0.413. The first-order valence-corrected chi connectivity index (χ1v) is 11.2. The van der Waals surface area contributed by atoms with Gasteiger partial charge in [-0.1, -0.05) is 36.4 Å². The van der Waals surface area contributed by atoms with Crippen molar-refractivity contribution >= 4 is 17.7 Å². The maximum absolute atomic E-state index is 12.2. The first-order chi connectivity index (χ1) is 15.1. The maximum atomic E-state index is 12.2. The van der Waals surface area contributed by atoms with Crippen molar-refractivity contribution in [3.05, 3.63) is 65.7 Å². The molecule has 0 saturated carbocycles. The molecule has 2 unspecified atom stereocenters. The number of piperidine rings is 1. The molecule has 1 aliphatic rings. The molecule has 2 aromatic carbocycles. The molecule has 0 radical (unpaired) electrons. The number of anilines is 1. The Morgan fingerprint density at radius 3 is 2.77 bits per heavy atom. The fourth-order valence-electron chi connectivity index (χ4n) is 4.11. The van der Waals surface area contributed by atoms with Crippen LogP contribution >= 0.6 is 0 Å². The van der Waals surface area contributed by atoms with E-state index in [2.05, 4.69) is 46.3 Å². The molecule has 0 bridgehead atoms. The molecule has 3 rings (SSSR count). The van der Waals surface area contributed by atoms with E-state index in [1.54, 1.807) is 31.2 Å². The summed E-state index contributed by atoms with van der Waals surface area (Å²) in [6, 6.07) is 17.7. The highest BCUT2D eigenvalue weighted by molar-refractivity contribution is 5.93. The smallest absolute Gasteiger partial charge is 0.338 e. The summed E-state index contributed by atoms with van der Waals surface area (Å²) in [7, 11) is 0. The SMILES string of the molecule is CCOC(=O)c1cccc(NC(=O)NCCCC2CC(Cc3ccccc3)CCN2)c1. The molecule has 1 fully saturated rings. The van der Waals surface area contributed by atoms with Crippen molar-refractivity contribution < 1.29 is 14.3 Å². The van der Waals surface area contributed by atoms with Crippen LogP contribution < -0.4 is 16.0 Å². The number of carbonyl (C=O) groups excluding carboxylic acids is 2. The molecule has 6 heteroatoms. The third-order valence-corrected chi connectivity index (χ3v) is 5.62.